The van der Waals surface area contributed by atoms with Crippen molar-refractivity contribution in [2.45, 2.75) is 245 Å². The van der Waals surface area contributed by atoms with Crippen molar-refractivity contribution in [1.82, 2.24) is 0 Å². The lowest BCUT2D eigenvalue weighted by atomic mass is 10.0. The fraction of sp³-hybridized carbons (Fsp3) is 0.939. The molecule has 0 fully saturated rings. The topological polar surface area (TPSA) is 94.1 Å². The van der Waals surface area contributed by atoms with E-state index in [2.05, 4.69) is 26.0 Å². The number of unbranched alkanes of at least 4 members (excludes halogenated alkanes) is 31. The molecule has 0 radical (unpaired) electrons. The number of hydrogen-bond donors (Lipinski definition) is 0. The summed E-state index contributed by atoms with van der Waals surface area (Å²) in [5.41, 5.74) is 0. The maximum Gasteiger partial charge on any atom is 0.306 e. The van der Waals surface area contributed by atoms with Crippen LogP contribution in [-0.2, 0) is 27.9 Å². The van der Waals surface area contributed by atoms with Gasteiger partial charge in [-0.25, -0.2) is 0 Å². The largest absolute Gasteiger partial charge is 0.756 e. The number of carbonyl (C=O) groups is 1. The first-order valence-corrected chi connectivity index (χ1v) is 26.4. The molecule has 2 unspecified atom stereocenters. The van der Waals surface area contributed by atoms with Crippen LogP contribution in [0.2, 0.25) is 0 Å². The minimum absolute atomic E-state index is 0.0288. The molecule has 0 aliphatic rings. The van der Waals surface area contributed by atoms with Gasteiger partial charge in [0.2, 0.25) is 0 Å². The molecular weight excluding hydrogens is 746 g/mol. The van der Waals surface area contributed by atoms with Crippen LogP contribution in [-0.4, -0.2) is 70.7 Å². The van der Waals surface area contributed by atoms with E-state index in [4.69, 9.17) is 18.5 Å². The van der Waals surface area contributed by atoms with E-state index in [1.807, 2.05) is 21.1 Å². The van der Waals surface area contributed by atoms with Crippen LogP contribution in [0.1, 0.15) is 239 Å². The molecule has 58 heavy (non-hydrogen) atoms. The summed E-state index contributed by atoms with van der Waals surface area (Å²) in [6.07, 6.45) is 48.0. The van der Waals surface area contributed by atoms with Crippen molar-refractivity contribution in [3.63, 3.8) is 0 Å². The van der Waals surface area contributed by atoms with Crippen LogP contribution in [0.5, 0.6) is 0 Å². The average Bonchev–Trinajstić information content (AvgIpc) is 3.18. The number of allylic oxidation sites excluding steroid dienone is 2. The van der Waals surface area contributed by atoms with Gasteiger partial charge in [0.05, 0.1) is 34.4 Å². The smallest absolute Gasteiger partial charge is 0.306 e. The number of quaternary nitrogens is 1. The van der Waals surface area contributed by atoms with Crippen LogP contribution in [0.3, 0.4) is 0 Å². The van der Waals surface area contributed by atoms with Gasteiger partial charge in [0.1, 0.15) is 19.3 Å². The van der Waals surface area contributed by atoms with Crippen LogP contribution in [0.15, 0.2) is 12.2 Å². The Morgan fingerprint density at radius 1 is 0.517 bits per heavy atom. The van der Waals surface area contributed by atoms with Crippen LogP contribution in [0.25, 0.3) is 0 Å². The summed E-state index contributed by atoms with van der Waals surface area (Å²) < 4.78 is 34.7. The van der Waals surface area contributed by atoms with Crippen LogP contribution in [0, 0.1) is 0 Å². The summed E-state index contributed by atoms with van der Waals surface area (Å²) in [6, 6.07) is 0. The fourth-order valence-corrected chi connectivity index (χ4v) is 7.92. The van der Waals surface area contributed by atoms with Crippen molar-refractivity contribution in [3.8, 4) is 0 Å². The van der Waals surface area contributed by atoms with Crippen LogP contribution < -0.4 is 4.89 Å². The molecule has 8 nitrogen and oxygen atoms in total. The normalized spacial score (nSPS) is 13.7. The Kier molecular flexibility index (Phi) is 42.3. The molecule has 0 N–H and O–H groups in total. The van der Waals surface area contributed by atoms with Gasteiger partial charge < -0.3 is 27.9 Å². The third-order valence-electron chi connectivity index (χ3n) is 11.1. The van der Waals surface area contributed by atoms with Crippen molar-refractivity contribution >= 4 is 13.8 Å². The van der Waals surface area contributed by atoms with Crippen LogP contribution >= 0.6 is 7.82 Å². The number of nitrogens with zero attached hydrogens (tertiary/aromatic N) is 1. The second-order valence-corrected chi connectivity index (χ2v) is 19.6. The molecule has 0 aromatic rings. The molecule has 346 valence electrons. The summed E-state index contributed by atoms with van der Waals surface area (Å²) >= 11 is 0. The highest BCUT2D eigenvalue weighted by Gasteiger charge is 2.20. The van der Waals surface area contributed by atoms with E-state index in [9.17, 15) is 14.3 Å². The van der Waals surface area contributed by atoms with Gasteiger partial charge in [0, 0.05) is 13.0 Å². The zero-order valence-corrected chi connectivity index (χ0v) is 40.2. The van der Waals surface area contributed by atoms with E-state index in [0.717, 1.165) is 32.1 Å². The molecule has 0 aliphatic carbocycles. The maximum absolute atomic E-state index is 12.7. The highest BCUT2D eigenvalue weighted by atomic mass is 31.2. The van der Waals surface area contributed by atoms with E-state index in [1.165, 1.54) is 186 Å². The van der Waals surface area contributed by atoms with Gasteiger partial charge >= 0.3 is 5.97 Å². The highest BCUT2D eigenvalue weighted by Crippen LogP contribution is 2.38. The molecule has 0 amide bonds. The molecule has 0 aromatic carbocycles. The lowest BCUT2D eigenvalue weighted by molar-refractivity contribution is -0.870. The van der Waals surface area contributed by atoms with E-state index in [0.29, 0.717) is 24.1 Å². The summed E-state index contributed by atoms with van der Waals surface area (Å²) in [6.45, 7) is 5.46. The zero-order valence-electron chi connectivity index (χ0n) is 39.3. The molecule has 0 aromatic heterocycles. The van der Waals surface area contributed by atoms with Crippen molar-refractivity contribution in [2.75, 3.05) is 54.1 Å². The first kappa shape index (κ1) is 57.2. The standard InChI is InChI=1S/C49H98NO7P/c1-6-8-10-12-14-16-18-20-22-24-25-27-29-31-33-35-37-39-41-44-54-46-48(47-56-58(52,53)55-45-43-50(3,4)5)57-49(51)42-40-38-36-34-32-30-28-26-23-21-19-17-15-13-11-9-7-2/h21,23,48H,6-20,22,24-47H2,1-5H3/b23-21-. The second kappa shape index (κ2) is 42.9. The molecular formula is C49H98NO7P. The number of rotatable bonds is 47. The fourth-order valence-electron chi connectivity index (χ4n) is 7.19. The molecule has 0 saturated heterocycles. The first-order chi connectivity index (χ1) is 28.1. The minimum Gasteiger partial charge on any atom is -0.756 e. The number of carbonyl (C=O) groups excluding carboxylic acids is 1. The first-order valence-electron chi connectivity index (χ1n) is 24.9. The number of phosphoric acid groups is 1. The number of hydrogen-bond acceptors (Lipinski definition) is 7. The number of likely N-dealkylation sites (N-methyl/N-ethyl adjacent to an activating group) is 1. The number of phosphoric ester groups is 1. The molecule has 0 heterocycles. The van der Waals surface area contributed by atoms with E-state index in [-0.39, 0.29) is 25.8 Å². The Morgan fingerprint density at radius 3 is 1.31 bits per heavy atom. The second-order valence-electron chi connectivity index (χ2n) is 18.2. The van der Waals surface area contributed by atoms with Crippen molar-refractivity contribution in [3.05, 3.63) is 12.2 Å². The Balaban J connectivity index is 4.13. The summed E-state index contributed by atoms with van der Waals surface area (Å²) in [5.74, 6) is -0.333. The van der Waals surface area contributed by atoms with E-state index < -0.39 is 13.9 Å². The van der Waals surface area contributed by atoms with Gasteiger partial charge in [-0.1, -0.05) is 206 Å². The summed E-state index contributed by atoms with van der Waals surface area (Å²) in [4.78, 5) is 25.1. The van der Waals surface area contributed by atoms with Gasteiger partial charge in [-0.3, -0.25) is 9.36 Å². The molecule has 0 bridgehead atoms. The SMILES string of the molecule is CCCCCCCC/C=C\CCCCCCCCCC(=O)OC(COCCCCCCCCCCCCCCCCCCCCC)COP(=O)([O-])OCC[N+](C)(C)C. The Labute approximate surface area is 360 Å². The molecule has 0 rings (SSSR count). The predicted octanol–water partition coefficient (Wildman–Crippen LogP) is 14.4. The van der Waals surface area contributed by atoms with Crippen LogP contribution in [0.4, 0.5) is 0 Å². The van der Waals surface area contributed by atoms with Gasteiger partial charge in [-0.2, -0.15) is 0 Å². The lowest BCUT2D eigenvalue weighted by Gasteiger charge is -2.28. The average molecular weight is 844 g/mol. The predicted molar refractivity (Wildman–Crippen MR) is 245 cm³/mol. The van der Waals surface area contributed by atoms with Crippen molar-refractivity contribution in [1.29, 1.82) is 0 Å². The van der Waals surface area contributed by atoms with E-state index >= 15 is 0 Å². The maximum atomic E-state index is 12.7. The lowest BCUT2D eigenvalue weighted by Crippen LogP contribution is -2.37. The molecule has 0 saturated carbocycles. The van der Waals surface area contributed by atoms with Gasteiger partial charge in [0.25, 0.3) is 7.82 Å². The molecule has 9 heteroatoms. The van der Waals surface area contributed by atoms with Crippen molar-refractivity contribution in [2.24, 2.45) is 0 Å². The quantitative estimate of drug-likeness (QED) is 0.0198. The third kappa shape index (κ3) is 46.3. The zero-order chi connectivity index (χ0) is 42.7. The minimum atomic E-state index is -4.52. The highest BCUT2D eigenvalue weighted by molar-refractivity contribution is 7.45. The Hall–Kier alpha value is -0.760. The Morgan fingerprint density at radius 2 is 0.897 bits per heavy atom. The molecule has 2 atom stereocenters. The molecule has 0 aliphatic heterocycles. The summed E-state index contributed by atoms with van der Waals surface area (Å²) in [7, 11) is 1.37. The third-order valence-corrected chi connectivity index (χ3v) is 12.0. The Bertz CT molecular complexity index is 940. The number of esters is 1. The van der Waals surface area contributed by atoms with Crippen molar-refractivity contribution < 1.29 is 37.3 Å². The summed E-state index contributed by atoms with van der Waals surface area (Å²) in [5, 5.41) is 0. The van der Waals surface area contributed by atoms with Gasteiger partial charge in [0.15, 0.2) is 0 Å². The monoisotopic (exact) mass is 844 g/mol. The van der Waals surface area contributed by atoms with E-state index in [1.54, 1.807) is 0 Å². The van der Waals surface area contributed by atoms with Gasteiger partial charge in [-0.15, -0.1) is 0 Å². The van der Waals surface area contributed by atoms with Gasteiger partial charge in [-0.05, 0) is 38.5 Å². The number of ether oxygens (including phenoxy) is 2. The molecule has 0 spiro atoms.